The second-order valence-electron chi connectivity index (χ2n) is 6.39. The number of rotatable bonds is 7. The summed E-state index contributed by atoms with van der Waals surface area (Å²) < 4.78 is 69.1. The zero-order valence-electron chi connectivity index (χ0n) is 17.9. The molecule has 6 N–H and O–H groups in total. The van der Waals surface area contributed by atoms with Crippen LogP contribution >= 0.6 is 12.6 Å². The van der Waals surface area contributed by atoms with Crippen molar-refractivity contribution in [2.45, 2.75) is 18.4 Å². The Morgan fingerprint density at radius 1 is 0.889 bits per heavy atom. The van der Waals surface area contributed by atoms with Crippen LogP contribution in [-0.2, 0) is 9.59 Å². The van der Waals surface area contributed by atoms with Crippen LogP contribution in [0.25, 0.3) is 0 Å². The highest BCUT2D eigenvalue weighted by Gasteiger charge is 2.38. The van der Waals surface area contributed by atoms with Crippen LogP contribution in [-0.4, -0.2) is 63.9 Å². The minimum Gasteiger partial charge on any atom is -0.478 e. The Kier molecular flexibility index (Phi) is 13.2. The fraction of sp³-hybridized carbons (Fsp3) is 0.250. The summed E-state index contributed by atoms with van der Waals surface area (Å²) in [6.45, 7) is 0.643. The summed E-state index contributed by atoms with van der Waals surface area (Å²) >= 11 is 4.13. The first kappa shape index (κ1) is 32.3. The Balaban J connectivity index is 0.000000720. The SMILES string of the molecule is N[C@@H](CS)CNc1ccc(Oc2cccc(C(=O)O)c2)cc1.O=C(O)C(F)(F)F.O=C(O)C(F)(F)F. The zero-order valence-corrected chi connectivity index (χ0v) is 18.8. The molecule has 0 aliphatic carbocycles. The molecule has 0 heterocycles. The molecule has 2 rings (SSSR count). The quantitative estimate of drug-likeness (QED) is 0.222. The molecule has 0 unspecified atom stereocenters. The highest BCUT2D eigenvalue weighted by molar-refractivity contribution is 7.80. The first-order valence-corrected chi connectivity index (χ1v) is 9.92. The molecule has 36 heavy (non-hydrogen) atoms. The molecule has 0 saturated carbocycles. The van der Waals surface area contributed by atoms with E-state index in [0.29, 0.717) is 23.8 Å². The van der Waals surface area contributed by atoms with Gasteiger partial charge in [-0.15, -0.1) is 0 Å². The third kappa shape index (κ3) is 13.9. The van der Waals surface area contributed by atoms with Crippen molar-refractivity contribution in [2.24, 2.45) is 5.73 Å². The van der Waals surface area contributed by atoms with Crippen LogP contribution in [0.2, 0.25) is 0 Å². The lowest BCUT2D eigenvalue weighted by molar-refractivity contribution is -0.193. The van der Waals surface area contributed by atoms with Gasteiger partial charge in [0.05, 0.1) is 5.56 Å². The predicted octanol–water partition coefficient (Wildman–Crippen LogP) is 4.11. The van der Waals surface area contributed by atoms with Gasteiger partial charge in [0.2, 0.25) is 0 Å². The van der Waals surface area contributed by atoms with Crippen LogP contribution in [0.5, 0.6) is 11.5 Å². The largest absolute Gasteiger partial charge is 0.490 e. The fourth-order valence-electron chi connectivity index (χ4n) is 1.78. The van der Waals surface area contributed by atoms with Crippen LogP contribution in [0.1, 0.15) is 10.4 Å². The lowest BCUT2D eigenvalue weighted by Crippen LogP contribution is -2.30. The molecule has 0 aliphatic heterocycles. The number of thiol groups is 1. The maximum atomic E-state index is 10.9. The van der Waals surface area contributed by atoms with Gasteiger partial charge in [-0.25, -0.2) is 14.4 Å². The van der Waals surface area contributed by atoms with E-state index in [1.807, 2.05) is 24.3 Å². The molecule has 1 atom stereocenters. The van der Waals surface area contributed by atoms with E-state index in [1.54, 1.807) is 12.1 Å². The van der Waals surface area contributed by atoms with Gasteiger partial charge in [0.15, 0.2) is 0 Å². The van der Waals surface area contributed by atoms with Crippen molar-refractivity contribution in [3.05, 3.63) is 54.1 Å². The number of benzene rings is 2. The molecule has 200 valence electrons. The van der Waals surface area contributed by atoms with Crippen LogP contribution in [0.15, 0.2) is 48.5 Å². The maximum absolute atomic E-state index is 10.9. The van der Waals surface area contributed by atoms with Gasteiger partial charge in [0.25, 0.3) is 0 Å². The molecule has 2 aromatic carbocycles. The summed E-state index contributed by atoms with van der Waals surface area (Å²) in [6.07, 6.45) is -10.2. The number of carboxylic acid groups (broad SMARTS) is 3. The Morgan fingerprint density at radius 2 is 1.36 bits per heavy atom. The summed E-state index contributed by atoms with van der Waals surface area (Å²) in [5, 5.41) is 26.4. The highest BCUT2D eigenvalue weighted by atomic mass is 32.1. The van der Waals surface area contributed by atoms with Gasteiger partial charge in [0.1, 0.15) is 11.5 Å². The van der Waals surface area contributed by atoms with Gasteiger partial charge in [-0.1, -0.05) is 6.07 Å². The van der Waals surface area contributed by atoms with Crippen LogP contribution in [0.4, 0.5) is 32.0 Å². The van der Waals surface area contributed by atoms with Gasteiger partial charge in [-0.3, -0.25) is 0 Å². The van der Waals surface area contributed by atoms with Crippen LogP contribution in [0, 0.1) is 0 Å². The molecular weight excluding hydrogens is 526 g/mol. The number of anilines is 1. The van der Waals surface area contributed by atoms with E-state index >= 15 is 0 Å². The van der Waals surface area contributed by atoms with Crippen LogP contribution < -0.4 is 15.8 Å². The van der Waals surface area contributed by atoms with E-state index in [1.165, 1.54) is 12.1 Å². The van der Waals surface area contributed by atoms with Gasteiger partial charge in [-0.05, 0) is 42.5 Å². The second kappa shape index (κ2) is 14.7. The number of nitrogens with one attached hydrogen (secondary N) is 1. The molecule has 16 heteroatoms. The Bertz CT molecular complexity index is 977. The highest BCUT2D eigenvalue weighted by Crippen LogP contribution is 2.24. The summed E-state index contributed by atoms with van der Waals surface area (Å²) in [7, 11) is 0. The molecule has 9 nitrogen and oxygen atoms in total. The van der Waals surface area contributed by atoms with Gasteiger partial charge >= 0.3 is 30.3 Å². The standard InChI is InChI=1S/C16H18N2O3S.2C2HF3O2/c17-12(10-22)9-18-13-4-6-14(7-5-13)21-15-3-1-2-11(8-15)16(19)20;2*3-2(4,5)1(6)7/h1-8,12,18,22H,9-10,17H2,(H,19,20);2*(H,6,7)/t12-;;/m1../s1. The molecule has 0 fully saturated rings. The van der Waals surface area contributed by atoms with E-state index in [4.69, 9.17) is 35.4 Å². The van der Waals surface area contributed by atoms with Crippen molar-refractivity contribution in [3.8, 4) is 11.5 Å². The molecule has 0 spiro atoms. The van der Waals surface area contributed by atoms with E-state index in [0.717, 1.165) is 5.69 Å². The maximum Gasteiger partial charge on any atom is 0.490 e. The number of halogens is 6. The van der Waals surface area contributed by atoms with Crippen molar-refractivity contribution in [1.29, 1.82) is 0 Å². The topological polar surface area (TPSA) is 159 Å². The Hall–Kier alpha value is -3.66. The molecule has 0 radical (unpaired) electrons. The van der Waals surface area contributed by atoms with Gasteiger partial charge in [-0.2, -0.15) is 39.0 Å². The number of hydrogen-bond acceptors (Lipinski definition) is 7. The molecule has 0 aliphatic rings. The normalized spacial score (nSPS) is 11.6. The van der Waals surface area contributed by atoms with Crippen molar-refractivity contribution >= 4 is 36.2 Å². The smallest absolute Gasteiger partial charge is 0.478 e. The molecule has 0 amide bonds. The number of aromatic carboxylic acids is 1. The second-order valence-corrected chi connectivity index (χ2v) is 6.75. The number of carboxylic acids is 3. The number of carbonyl (C=O) groups is 3. The third-order valence-corrected chi connectivity index (χ3v) is 3.93. The lowest BCUT2D eigenvalue weighted by atomic mass is 10.2. The van der Waals surface area contributed by atoms with E-state index in [9.17, 15) is 31.1 Å². The average Bonchev–Trinajstić information content (AvgIpc) is 2.78. The first-order chi connectivity index (χ1) is 16.5. The van der Waals surface area contributed by atoms with E-state index in [2.05, 4.69) is 17.9 Å². The lowest BCUT2D eigenvalue weighted by Gasteiger charge is -2.12. The molecule has 0 saturated heterocycles. The first-order valence-electron chi connectivity index (χ1n) is 9.29. The summed E-state index contributed by atoms with van der Waals surface area (Å²) in [5.41, 5.74) is 6.91. The van der Waals surface area contributed by atoms with Gasteiger partial charge in [0, 0.05) is 24.0 Å². The van der Waals surface area contributed by atoms with E-state index < -0.39 is 30.3 Å². The molecule has 0 bridgehead atoms. The van der Waals surface area contributed by atoms with E-state index in [-0.39, 0.29) is 11.6 Å². The predicted molar refractivity (Wildman–Crippen MR) is 118 cm³/mol. The van der Waals surface area contributed by atoms with Crippen molar-refractivity contribution in [1.82, 2.24) is 0 Å². The summed E-state index contributed by atoms with van der Waals surface area (Å²) in [6, 6.07) is 13.7. The third-order valence-electron chi connectivity index (χ3n) is 3.46. The van der Waals surface area contributed by atoms with Crippen LogP contribution in [0.3, 0.4) is 0 Å². The fourth-order valence-corrected chi connectivity index (χ4v) is 1.91. The monoisotopic (exact) mass is 546 g/mol. The summed E-state index contributed by atoms with van der Waals surface area (Å²) in [4.78, 5) is 28.7. The number of ether oxygens (including phenoxy) is 1. The van der Waals surface area contributed by atoms with Gasteiger partial charge < -0.3 is 31.1 Å². The minimum absolute atomic E-state index is 0.00183. The van der Waals surface area contributed by atoms with Crippen molar-refractivity contribution in [2.75, 3.05) is 17.6 Å². The number of aliphatic carboxylic acids is 2. The minimum atomic E-state index is -5.08. The average molecular weight is 546 g/mol. The Labute approximate surface area is 204 Å². The molecular formula is C20H20F6N2O7S. The molecule has 0 aromatic heterocycles. The Morgan fingerprint density at radius 3 is 1.75 bits per heavy atom. The number of alkyl halides is 6. The van der Waals surface area contributed by atoms with Crippen molar-refractivity contribution < 1.29 is 60.8 Å². The van der Waals surface area contributed by atoms with Crippen molar-refractivity contribution in [3.63, 3.8) is 0 Å². The summed E-state index contributed by atoms with van der Waals surface area (Å²) in [5.74, 6) is -4.76. The number of hydrogen-bond donors (Lipinski definition) is 6. The zero-order chi connectivity index (χ0) is 28.1. The number of nitrogens with two attached hydrogens (primary N) is 1. The molecule has 2 aromatic rings.